The minimum absolute atomic E-state index is 0.0348. The zero-order chi connectivity index (χ0) is 20.2. The number of hydrogen-bond donors (Lipinski definition) is 2. The lowest BCUT2D eigenvalue weighted by molar-refractivity contribution is -0.895. The van der Waals surface area contributed by atoms with Crippen molar-refractivity contribution in [1.29, 1.82) is 0 Å². The molecule has 29 heavy (non-hydrogen) atoms. The summed E-state index contributed by atoms with van der Waals surface area (Å²) in [6.07, 6.45) is 3.23. The van der Waals surface area contributed by atoms with Gasteiger partial charge in [0.2, 0.25) is 0 Å². The van der Waals surface area contributed by atoms with E-state index in [0.717, 1.165) is 10.4 Å². The van der Waals surface area contributed by atoms with Crippen LogP contribution in [0.1, 0.15) is 10.4 Å². The fourth-order valence-electron chi connectivity index (χ4n) is 3.45. The normalized spacial score (nSPS) is 14.7. The average molecular weight is 394 g/mol. The summed E-state index contributed by atoms with van der Waals surface area (Å²) in [6, 6.07) is 11.0. The minimum Gasteiger partial charge on any atom is -0.327 e. The number of rotatable bonds is 4. The van der Waals surface area contributed by atoms with Crippen LogP contribution in [0.3, 0.4) is 0 Å². The Morgan fingerprint density at radius 1 is 1.00 bits per heavy atom. The first-order chi connectivity index (χ1) is 14.1. The molecule has 0 saturated carbocycles. The van der Waals surface area contributed by atoms with E-state index >= 15 is 0 Å². The Hall–Kier alpha value is -3.39. The highest BCUT2D eigenvalue weighted by Crippen LogP contribution is 2.13. The van der Waals surface area contributed by atoms with E-state index in [1.165, 1.54) is 24.3 Å². The van der Waals surface area contributed by atoms with E-state index in [1.54, 1.807) is 35.5 Å². The Morgan fingerprint density at radius 2 is 1.69 bits per heavy atom. The molecule has 0 aliphatic carbocycles. The topological polar surface area (TPSA) is 79.6 Å². The van der Waals surface area contributed by atoms with Crippen LogP contribution < -0.4 is 10.2 Å². The third-order valence-corrected chi connectivity index (χ3v) is 5.01. The number of nitrogens with one attached hydrogen (secondary N) is 2. The fraction of sp³-hybridized carbons (Fsp3) is 0.238. The first-order valence-corrected chi connectivity index (χ1v) is 9.47. The number of anilines is 1. The van der Waals surface area contributed by atoms with Crippen molar-refractivity contribution in [3.05, 3.63) is 66.2 Å². The van der Waals surface area contributed by atoms with E-state index in [-0.39, 0.29) is 17.6 Å². The largest absolute Gasteiger partial charge is 0.327 e. The van der Waals surface area contributed by atoms with Gasteiger partial charge in [-0.2, -0.15) is 0 Å². The van der Waals surface area contributed by atoms with Crippen molar-refractivity contribution in [2.24, 2.45) is 0 Å². The van der Waals surface area contributed by atoms with Crippen LogP contribution in [0, 0.1) is 5.82 Å². The number of piperazine rings is 1. The molecule has 1 aliphatic rings. The Bertz CT molecular complexity index is 1030. The van der Waals surface area contributed by atoms with Crippen LogP contribution >= 0.6 is 0 Å². The van der Waals surface area contributed by atoms with E-state index < -0.39 is 0 Å². The third-order valence-electron chi connectivity index (χ3n) is 5.01. The van der Waals surface area contributed by atoms with Crippen LogP contribution in [0.2, 0.25) is 0 Å². The number of benzene rings is 2. The molecule has 7 nitrogen and oxygen atoms in total. The minimum atomic E-state index is -0.340. The second kappa shape index (κ2) is 8.32. The summed E-state index contributed by atoms with van der Waals surface area (Å²) < 4.78 is 12.9. The lowest BCUT2D eigenvalue weighted by Gasteiger charge is -2.32. The van der Waals surface area contributed by atoms with Crippen molar-refractivity contribution >= 4 is 28.5 Å². The number of hydrogen-bond acceptors (Lipinski definition) is 4. The highest BCUT2D eigenvalue weighted by Gasteiger charge is 2.26. The van der Waals surface area contributed by atoms with Gasteiger partial charge in [-0.3, -0.25) is 19.6 Å². The number of carbonyl (C=O) groups excluding carboxylic acids is 2. The zero-order valence-electron chi connectivity index (χ0n) is 15.8. The molecule has 0 atom stereocenters. The number of halogens is 1. The molecule has 0 unspecified atom stereocenters. The maximum Gasteiger partial charge on any atom is 0.279 e. The second-order valence-electron chi connectivity index (χ2n) is 7.03. The summed E-state index contributed by atoms with van der Waals surface area (Å²) in [5, 5.41) is 2.77. The molecule has 3 aromatic rings. The predicted octanol–water partition coefficient (Wildman–Crippen LogP) is 0.748. The number of aromatic nitrogens is 2. The standard InChI is InChI=1S/C21H20FN5O2/c22-16-2-4-17(5-3-16)25-20(28)14-26-9-11-27(12-10-26)21(29)15-1-6-18-19(13-15)24-8-7-23-18/h1-8,13H,9-12,14H2,(H,25,28)/p+1. The first-order valence-electron chi connectivity index (χ1n) is 9.47. The van der Waals surface area contributed by atoms with Crippen LogP contribution in [0.25, 0.3) is 11.0 Å². The van der Waals surface area contributed by atoms with Gasteiger partial charge in [0.05, 0.1) is 37.2 Å². The highest BCUT2D eigenvalue weighted by molar-refractivity contribution is 5.97. The summed E-state index contributed by atoms with van der Waals surface area (Å²) in [5.74, 6) is -0.500. The van der Waals surface area contributed by atoms with Crippen molar-refractivity contribution in [2.75, 3.05) is 38.0 Å². The molecule has 8 heteroatoms. The quantitative estimate of drug-likeness (QED) is 0.685. The average Bonchev–Trinajstić information content (AvgIpc) is 2.75. The van der Waals surface area contributed by atoms with Gasteiger partial charge in [0.1, 0.15) is 5.82 Å². The maximum absolute atomic E-state index is 12.9. The molecule has 2 N–H and O–H groups in total. The molecule has 2 aromatic carbocycles. The summed E-state index contributed by atoms with van der Waals surface area (Å²) in [6.45, 7) is 2.85. The molecule has 1 fully saturated rings. The number of carbonyl (C=O) groups is 2. The van der Waals surface area contributed by atoms with E-state index in [0.29, 0.717) is 49.5 Å². The van der Waals surface area contributed by atoms with Crippen LogP contribution in [0.4, 0.5) is 10.1 Å². The molecule has 4 rings (SSSR count). The van der Waals surface area contributed by atoms with Gasteiger partial charge >= 0.3 is 0 Å². The summed E-state index contributed by atoms with van der Waals surface area (Å²) in [7, 11) is 0. The molecule has 2 heterocycles. The van der Waals surface area contributed by atoms with Gasteiger partial charge in [-0.25, -0.2) is 4.39 Å². The Kier molecular flexibility index (Phi) is 5.44. The van der Waals surface area contributed by atoms with E-state index in [1.807, 2.05) is 0 Å². The SMILES string of the molecule is O=C(C[NH+]1CCN(C(=O)c2ccc3nccnc3c2)CC1)Nc1ccc(F)cc1. The highest BCUT2D eigenvalue weighted by atomic mass is 19.1. The zero-order valence-corrected chi connectivity index (χ0v) is 15.8. The smallest absolute Gasteiger partial charge is 0.279 e. The van der Waals surface area contributed by atoms with Crippen LogP contribution in [-0.2, 0) is 4.79 Å². The van der Waals surface area contributed by atoms with Gasteiger partial charge in [-0.15, -0.1) is 0 Å². The molecule has 0 bridgehead atoms. The van der Waals surface area contributed by atoms with Crippen LogP contribution in [0.15, 0.2) is 54.9 Å². The van der Waals surface area contributed by atoms with Crippen molar-refractivity contribution < 1.29 is 18.9 Å². The van der Waals surface area contributed by atoms with Gasteiger partial charge in [-0.1, -0.05) is 0 Å². The molecule has 148 valence electrons. The predicted molar refractivity (Wildman–Crippen MR) is 106 cm³/mol. The molecule has 2 amide bonds. The number of amides is 2. The summed E-state index contributed by atoms with van der Waals surface area (Å²) in [5.41, 5.74) is 2.62. The van der Waals surface area contributed by atoms with Gasteiger partial charge in [0.15, 0.2) is 6.54 Å². The van der Waals surface area contributed by atoms with Gasteiger partial charge in [0, 0.05) is 23.6 Å². The monoisotopic (exact) mass is 394 g/mol. The first kappa shape index (κ1) is 18.9. The number of nitrogens with zero attached hydrogens (tertiary/aromatic N) is 3. The van der Waals surface area contributed by atoms with E-state index in [9.17, 15) is 14.0 Å². The summed E-state index contributed by atoms with van der Waals surface area (Å²) >= 11 is 0. The van der Waals surface area contributed by atoms with E-state index in [2.05, 4.69) is 15.3 Å². The van der Waals surface area contributed by atoms with Crippen molar-refractivity contribution in [3.63, 3.8) is 0 Å². The molecule has 1 aliphatic heterocycles. The lowest BCUT2D eigenvalue weighted by Crippen LogP contribution is -3.15. The Morgan fingerprint density at radius 3 is 2.41 bits per heavy atom. The molecular formula is C21H21FN5O2+. The fourth-order valence-corrected chi connectivity index (χ4v) is 3.45. The molecule has 1 aromatic heterocycles. The molecule has 0 radical (unpaired) electrons. The van der Waals surface area contributed by atoms with Gasteiger partial charge in [-0.05, 0) is 42.5 Å². The van der Waals surface area contributed by atoms with Gasteiger partial charge in [0.25, 0.3) is 11.8 Å². The van der Waals surface area contributed by atoms with Crippen LogP contribution in [0.5, 0.6) is 0 Å². The molecular weight excluding hydrogens is 373 g/mol. The summed E-state index contributed by atoms with van der Waals surface area (Å²) in [4.78, 5) is 36.4. The number of quaternary nitrogens is 1. The van der Waals surface area contributed by atoms with Crippen molar-refractivity contribution in [3.8, 4) is 0 Å². The number of fused-ring (bicyclic) bond motifs is 1. The Labute approximate surface area is 167 Å². The maximum atomic E-state index is 12.9. The van der Waals surface area contributed by atoms with Crippen molar-refractivity contribution in [2.45, 2.75) is 0 Å². The molecule has 0 spiro atoms. The lowest BCUT2D eigenvalue weighted by atomic mass is 10.1. The molecule has 1 saturated heterocycles. The van der Waals surface area contributed by atoms with Gasteiger partial charge < -0.3 is 15.1 Å². The van der Waals surface area contributed by atoms with E-state index in [4.69, 9.17) is 0 Å². The Balaban J connectivity index is 1.30. The van der Waals surface area contributed by atoms with Crippen molar-refractivity contribution in [1.82, 2.24) is 14.9 Å². The second-order valence-corrected chi connectivity index (χ2v) is 7.03. The van der Waals surface area contributed by atoms with Crippen LogP contribution in [-0.4, -0.2) is 59.4 Å². The third kappa shape index (κ3) is 4.55.